The number of ether oxygens (including phenoxy) is 2. The third-order valence-corrected chi connectivity index (χ3v) is 4.11. The molecule has 1 atom stereocenters. The lowest BCUT2D eigenvalue weighted by atomic mass is 10.1. The van der Waals surface area contributed by atoms with Crippen LogP contribution >= 0.6 is 0 Å². The molecule has 1 unspecified atom stereocenters. The Morgan fingerprint density at radius 1 is 1.40 bits per heavy atom. The number of hydrogen-bond donors (Lipinski definition) is 2. The van der Waals surface area contributed by atoms with Crippen molar-refractivity contribution in [1.29, 1.82) is 0 Å². The smallest absolute Gasteiger partial charge is 0.189 e. The van der Waals surface area contributed by atoms with Crippen LogP contribution in [0.3, 0.4) is 0 Å². The van der Waals surface area contributed by atoms with Crippen LogP contribution in [0.25, 0.3) is 0 Å². The van der Waals surface area contributed by atoms with Crippen LogP contribution in [0.5, 0.6) is 5.75 Å². The van der Waals surface area contributed by atoms with E-state index in [1.807, 2.05) is 12.1 Å². The zero-order valence-electron chi connectivity index (χ0n) is 11.7. The van der Waals surface area contributed by atoms with Crippen LogP contribution in [0.1, 0.15) is 24.0 Å². The number of fused-ring (bicyclic) bond motifs is 1. The predicted molar refractivity (Wildman–Crippen MR) is 76.2 cm³/mol. The molecule has 3 rings (SSSR count). The Balaban J connectivity index is 1.73. The number of nitrogens with two attached hydrogens (primary N) is 1. The Kier molecular flexibility index (Phi) is 4.10. The number of hydrogen-bond acceptors (Lipinski definition) is 5. The topological polar surface area (TPSA) is 68.0 Å². The fourth-order valence-corrected chi connectivity index (χ4v) is 3.16. The lowest BCUT2D eigenvalue weighted by Gasteiger charge is -2.24. The van der Waals surface area contributed by atoms with Crippen LogP contribution < -0.4 is 10.5 Å². The second-order valence-electron chi connectivity index (χ2n) is 5.68. The third kappa shape index (κ3) is 2.90. The lowest BCUT2D eigenvalue weighted by molar-refractivity contribution is -0.0173. The average molecular weight is 278 g/mol. The van der Waals surface area contributed by atoms with Crippen molar-refractivity contribution in [2.45, 2.75) is 26.0 Å². The maximum Gasteiger partial charge on any atom is 0.189 e. The summed E-state index contributed by atoms with van der Waals surface area (Å²) >= 11 is 0. The van der Waals surface area contributed by atoms with Gasteiger partial charge in [0.15, 0.2) is 6.79 Å². The SMILES string of the molecule is Nc1cc2c(c(CN3CCC(CCO)C3)c1)OCOC2. The highest BCUT2D eigenvalue weighted by atomic mass is 16.7. The van der Waals surface area contributed by atoms with Crippen molar-refractivity contribution in [1.82, 2.24) is 4.90 Å². The van der Waals surface area contributed by atoms with E-state index in [4.69, 9.17) is 20.3 Å². The molecule has 0 bridgehead atoms. The standard InChI is InChI=1S/C15H22N2O3/c16-14-5-12(15-13(6-14)9-19-10-20-15)8-17-3-1-11(7-17)2-4-18/h5-6,11,18H,1-4,7-10,16H2. The first-order valence-electron chi connectivity index (χ1n) is 7.21. The predicted octanol–water partition coefficient (Wildman–Crippen LogP) is 1.34. The van der Waals surface area contributed by atoms with Crippen molar-refractivity contribution in [2.75, 3.05) is 32.2 Å². The second-order valence-corrected chi connectivity index (χ2v) is 5.68. The number of likely N-dealkylation sites (tertiary alicyclic amines) is 1. The summed E-state index contributed by atoms with van der Waals surface area (Å²) in [6.45, 7) is 4.14. The Morgan fingerprint density at radius 3 is 3.15 bits per heavy atom. The van der Waals surface area contributed by atoms with Crippen LogP contribution in [0.4, 0.5) is 5.69 Å². The summed E-state index contributed by atoms with van der Waals surface area (Å²) in [5.74, 6) is 1.55. The lowest BCUT2D eigenvalue weighted by Crippen LogP contribution is -2.22. The van der Waals surface area contributed by atoms with Crippen LogP contribution in [-0.2, 0) is 17.9 Å². The van der Waals surface area contributed by atoms with Gasteiger partial charge in [-0.05, 0) is 37.4 Å². The maximum absolute atomic E-state index is 9.03. The van der Waals surface area contributed by atoms with Gasteiger partial charge in [-0.2, -0.15) is 0 Å². The maximum atomic E-state index is 9.03. The molecule has 3 N–H and O–H groups in total. The quantitative estimate of drug-likeness (QED) is 0.814. The van der Waals surface area contributed by atoms with Crippen LogP contribution in [0, 0.1) is 5.92 Å². The number of aliphatic hydroxyl groups excluding tert-OH is 1. The van der Waals surface area contributed by atoms with Crippen molar-refractivity contribution < 1.29 is 14.6 Å². The van der Waals surface area contributed by atoms with Crippen LogP contribution in [0.15, 0.2) is 12.1 Å². The van der Waals surface area contributed by atoms with Gasteiger partial charge in [-0.15, -0.1) is 0 Å². The molecule has 0 radical (unpaired) electrons. The van der Waals surface area contributed by atoms with Crippen molar-refractivity contribution >= 4 is 5.69 Å². The van der Waals surface area contributed by atoms with Crippen molar-refractivity contribution in [3.63, 3.8) is 0 Å². The van der Waals surface area contributed by atoms with E-state index in [0.717, 1.165) is 55.0 Å². The first kappa shape index (κ1) is 13.7. The number of nitrogens with zero attached hydrogens (tertiary/aromatic N) is 1. The van der Waals surface area contributed by atoms with E-state index in [0.29, 0.717) is 19.3 Å². The van der Waals surface area contributed by atoms with Crippen molar-refractivity contribution in [3.05, 3.63) is 23.3 Å². The first-order valence-corrected chi connectivity index (χ1v) is 7.21. The zero-order valence-corrected chi connectivity index (χ0v) is 11.7. The van der Waals surface area contributed by atoms with Gasteiger partial charge in [0, 0.05) is 36.5 Å². The fourth-order valence-electron chi connectivity index (χ4n) is 3.16. The van der Waals surface area contributed by atoms with Gasteiger partial charge >= 0.3 is 0 Å². The third-order valence-electron chi connectivity index (χ3n) is 4.11. The average Bonchev–Trinajstić information content (AvgIpc) is 2.86. The van der Waals surface area contributed by atoms with Gasteiger partial charge in [-0.25, -0.2) is 0 Å². The molecule has 0 aliphatic carbocycles. The molecule has 1 aromatic rings. The summed E-state index contributed by atoms with van der Waals surface area (Å²) in [7, 11) is 0. The Bertz CT molecular complexity index is 478. The van der Waals surface area contributed by atoms with Gasteiger partial charge < -0.3 is 20.3 Å². The first-order chi connectivity index (χ1) is 9.76. The van der Waals surface area contributed by atoms with Crippen molar-refractivity contribution in [3.8, 4) is 5.75 Å². The molecule has 0 spiro atoms. The molecule has 5 nitrogen and oxygen atoms in total. The van der Waals surface area contributed by atoms with Gasteiger partial charge in [0.05, 0.1) is 6.61 Å². The van der Waals surface area contributed by atoms with E-state index in [2.05, 4.69) is 4.90 Å². The highest BCUT2D eigenvalue weighted by Crippen LogP contribution is 2.32. The van der Waals surface area contributed by atoms with Gasteiger partial charge in [-0.3, -0.25) is 4.90 Å². The van der Waals surface area contributed by atoms with E-state index in [-0.39, 0.29) is 6.61 Å². The minimum Gasteiger partial charge on any atom is -0.467 e. The summed E-state index contributed by atoms with van der Waals surface area (Å²) in [6, 6.07) is 3.93. The van der Waals surface area contributed by atoms with Crippen LogP contribution in [0.2, 0.25) is 0 Å². The molecule has 2 aliphatic rings. The summed E-state index contributed by atoms with van der Waals surface area (Å²) in [5, 5.41) is 9.03. The Morgan fingerprint density at radius 2 is 2.30 bits per heavy atom. The monoisotopic (exact) mass is 278 g/mol. The number of benzene rings is 1. The number of anilines is 1. The minimum absolute atomic E-state index is 0.284. The van der Waals surface area contributed by atoms with E-state index < -0.39 is 0 Å². The minimum atomic E-state index is 0.284. The van der Waals surface area contributed by atoms with E-state index >= 15 is 0 Å². The molecule has 1 saturated heterocycles. The molecule has 0 aromatic heterocycles. The molecule has 20 heavy (non-hydrogen) atoms. The molecule has 2 heterocycles. The number of nitrogen functional groups attached to an aromatic ring is 1. The molecule has 5 heteroatoms. The summed E-state index contributed by atoms with van der Waals surface area (Å²) in [6.07, 6.45) is 2.06. The normalized spacial score (nSPS) is 22.6. The summed E-state index contributed by atoms with van der Waals surface area (Å²) < 4.78 is 11.0. The molecular formula is C15H22N2O3. The highest BCUT2D eigenvalue weighted by Gasteiger charge is 2.24. The summed E-state index contributed by atoms with van der Waals surface area (Å²) in [5.41, 5.74) is 8.92. The van der Waals surface area contributed by atoms with E-state index in [1.165, 1.54) is 0 Å². The highest BCUT2D eigenvalue weighted by molar-refractivity contribution is 5.53. The molecule has 0 amide bonds. The van der Waals surface area contributed by atoms with Gasteiger partial charge in [0.1, 0.15) is 5.75 Å². The van der Waals surface area contributed by atoms with Gasteiger partial charge in [-0.1, -0.05) is 0 Å². The van der Waals surface area contributed by atoms with E-state index in [9.17, 15) is 0 Å². The molecule has 110 valence electrons. The van der Waals surface area contributed by atoms with Gasteiger partial charge in [0.25, 0.3) is 0 Å². The Hall–Kier alpha value is -1.30. The fraction of sp³-hybridized carbons (Fsp3) is 0.600. The molecule has 0 saturated carbocycles. The van der Waals surface area contributed by atoms with Crippen molar-refractivity contribution in [2.24, 2.45) is 5.92 Å². The molecular weight excluding hydrogens is 256 g/mol. The van der Waals surface area contributed by atoms with E-state index in [1.54, 1.807) is 0 Å². The zero-order chi connectivity index (χ0) is 13.9. The molecule has 2 aliphatic heterocycles. The molecule has 1 fully saturated rings. The number of aliphatic hydroxyl groups is 1. The Labute approximate surface area is 119 Å². The van der Waals surface area contributed by atoms with Gasteiger partial charge in [0.2, 0.25) is 0 Å². The summed E-state index contributed by atoms with van der Waals surface area (Å²) in [4.78, 5) is 2.41. The van der Waals surface area contributed by atoms with Crippen LogP contribution in [-0.4, -0.2) is 36.5 Å². The second kappa shape index (κ2) is 5.99. The number of rotatable bonds is 4. The largest absolute Gasteiger partial charge is 0.467 e. The molecule has 1 aromatic carbocycles.